The number of hydrogen-bond acceptors (Lipinski definition) is 2. The minimum absolute atomic E-state index is 0.800. The van der Waals surface area contributed by atoms with Crippen LogP contribution in [-0.4, -0.2) is 35.0 Å². The number of esters is 1. The van der Waals surface area contributed by atoms with Crippen LogP contribution in [-0.2, 0) is 9.53 Å². The van der Waals surface area contributed by atoms with E-state index in [1.54, 1.807) is 0 Å². The monoisotopic (exact) mass is 382 g/mol. The molecule has 0 N–H and O–H groups in total. The maximum absolute atomic E-state index is 12.8. The second-order valence-electron chi connectivity index (χ2n) is 2.97. The van der Waals surface area contributed by atoms with Crippen molar-refractivity contribution in [3.8, 4) is 0 Å². The van der Waals surface area contributed by atoms with Crippen molar-refractivity contribution < 1.29 is 40.3 Å². The molecule has 0 radical (unpaired) electrons. The van der Waals surface area contributed by atoms with Crippen molar-refractivity contribution in [1.82, 2.24) is 0 Å². The third-order valence-corrected chi connectivity index (χ3v) is 2.66. The van der Waals surface area contributed by atoms with E-state index >= 15 is 0 Å². The van der Waals surface area contributed by atoms with Crippen molar-refractivity contribution in [3.05, 3.63) is 0 Å². The molecular weight excluding hydrogens is 376 g/mol. The Labute approximate surface area is 105 Å². The van der Waals surface area contributed by atoms with Crippen LogP contribution in [0.15, 0.2) is 0 Å². The lowest BCUT2D eigenvalue weighted by molar-refractivity contribution is -0.355. The zero-order valence-electron chi connectivity index (χ0n) is 8.12. The highest BCUT2D eigenvalue weighted by atomic mass is 127. The normalized spacial score (nSPS) is 15.6. The zero-order chi connectivity index (χ0) is 14.1. The van der Waals surface area contributed by atoms with Gasteiger partial charge in [-0.15, -0.1) is 0 Å². The number of carbonyl (C=O) groups is 1. The molecule has 102 valence electrons. The number of alkyl halides is 8. The average Bonchev–Trinajstić information content (AvgIpc) is 2.13. The molecule has 0 heterocycles. The predicted molar refractivity (Wildman–Crippen MR) is 50.4 cm³/mol. The molecule has 0 aromatic heterocycles. The molecule has 0 aromatic carbocycles. The number of ether oxygens (including phenoxy) is 1. The fourth-order valence-corrected chi connectivity index (χ4v) is 1.58. The lowest BCUT2D eigenvalue weighted by Crippen LogP contribution is -2.53. The molecule has 0 bridgehead atoms. The van der Waals surface area contributed by atoms with Gasteiger partial charge in [-0.3, -0.25) is 4.79 Å². The number of halogens is 8. The number of carbonyl (C=O) groups excluding carboxylic acids is 1. The van der Waals surface area contributed by atoms with Crippen LogP contribution in [0, 0.1) is 0 Å². The number of methoxy groups -OCH3 is 1. The van der Waals surface area contributed by atoms with Gasteiger partial charge in [0.15, 0.2) is 0 Å². The Balaban J connectivity index is 4.97. The van der Waals surface area contributed by atoms with Gasteiger partial charge in [0.2, 0.25) is 0 Å². The zero-order valence-corrected chi connectivity index (χ0v) is 10.3. The van der Waals surface area contributed by atoms with Crippen molar-refractivity contribution >= 4 is 28.6 Å². The fourth-order valence-electron chi connectivity index (χ4n) is 0.772. The molecule has 1 atom stereocenters. The summed E-state index contributed by atoms with van der Waals surface area (Å²) in [6, 6.07) is 0. The summed E-state index contributed by atoms with van der Waals surface area (Å²) in [5, 5.41) is 0. The maximum Gasteiger partial charge on any atom is 0.459 e. The van der Waals surface area contributed by atoms with E-state index in [1.165, 1.54) is 0 Å². The molecule has 0 aliphatic rings. The second kappa shape index (κ2) is 5.14. The summed E-state index contributed by atoms with van der Waals surface area (Å²) < 4.78 is 87.6. The van der Waals surface area contributed by atoms with E-state index in [2.05, 4.69) is 4.74 Å². The number of hydrogen-bond donors (Lipinski definition) is 0. The van der Waals surface area contributed by atoms with E-state index in [4.69, 9.17) is 0 Å². The van der Waals surface area contributed by atoms with Crippen LogP contribution in [0.1, 0.15) is 6.42 Å². The summed E-state index contributed by atoms with van der Waals surface area (Å²) in [5.41, 5.74) is 0. The van der Waals surface area contributed by atoms with Crippen molar-refractivity contribution in [2.45, 2.75) is 28.4 Å². The molecule has 17 heavy (non-hydrogen) atoms. The van der Waals surface area contributed by atoms with Crippen LogP contribution < -0.4 is 0 Å². The number of rotatable bonds is 4. The molecule has 0 saturated carbocycles. The van der Waals surface area contributed by atoms with Gasteiger partial charge in [0.05, 0.1) is 7.11 Å². The molecule has 0 aromatic rings. The molecular formula is C7H6F7IO2. The Hall–Kier alpha value is -0.290. The van der Waals surface area contributed by atoms with E-state index in [9.17, 15) is 35.5 Å². The lowest BCUT2D eigenvalue weighted by atomic mass is 10.1. The third kappa shape index (κ3) is 3.58. The second-order valence-corrected chi connectivity index (χ2v) is 4.48. The first kappa shape index (κ1) is 16.7. The van der Waals surface area contributed by atoms with Crippen molar-refractivity contribution in [2.75, 3.05) is 7.11 Å². The van der Waals surface area contributed by atoms with Gasteiger partial charge in [0.25, 0.3) is 0 Å². The highest BCUT2D eigenvalue weighted by Crippen LogP contribution is 2.49. The lowest BCUT2D eigenvalue weighted by Gasteiger charge is -2.28. The summed E-state index contributed by atoms with van der Waals surface area (Å²) in [7, 11) is 0.800. The first-order valence-corrected chi connectivity index (χ1v) is 5.15. The SMILES string of the molecule is COC(=O)C(I)CC(F)(F)C(F)(F)C(F)(F)F. The largest absolute Gasteiger partial charge is 0.468 e. The summed E-state index contributed by atoms with van der Waals surface area (Å²) in [5.74, 6) is -12.9. The smallest absolute Gasteiger partial charge is 0.459 e. The quantitative estimate of drug-likeness (QED) is 0.323. The van der Waals surface area contributed by atoms with E-state index in [-0.39, 0.29) is 0 Å². The summed E-state index contributed by atoms with van der Waals surface area (Å²) in [6.07, 6.45) is -8.35. The fraction of sp³-hybridized carbons (Fsp3) is 0.857. The summed E-state index contributed by atoms with van der Waals surface area (Å²) in [4.78, 5) is 10.7. The van der Waals surface area contributed by atoms with Gasteiger partial charge in [-0.05, 0) is 0 Å². The molecule has 1 unspecified atom stereocenters. The summed E-state index contributed by atoms with van der Waals surface area (Å²) >= 11 is 1.01. The Kier molecular flexibility index (Phi) is 5.06. The van der Waals surface area contributed by atoms with Crippen molar-refractivity contribution in [1.29, 1.82) is 0 Å². The highest BCUT2D eigenvalue weighted by Gasteiger charge is 2.73. The Bertz CT molecular complexity index is 288. The minimum atomic E-state index is -6.39. The molecule has 0 rings (SSSR count). The minimum Gasteiger partial charge on any atom is -0.468 e. The first-order valence-electron chi connectivity index (χ1n) is 3.91. The van der Waals surface area contributed by atoms with Gasteiger partial charge in [-0.1, -0.05) is 22.6 Å². The van der Waals surface area contributed by atoms with Crippen LogP contribution in [0.25, 0.3) is 0 Å². The molecule has 0 spiro atoms. The molecule has 2 nitrogen and oxygen atoms in total. The Morgan fingerprint density at radius 1 is 1.18 bits per heavy atom. The molecule has 0 amide bonds. The first-order chi connectivity index (χ1) is 7.37. The standard InChI is InChI=1S/C7H6F7IO2/c1-17-4(16)3(15)2-5(8,9)6(10,11)7(12,13)14/h3H,2H2,1H3. The molecule has 0 fully saturated rings. The third-order valence-electron chi connectivity index (χ3n) is 1.71. The van der Waals surface area contributed by atoms with E-state index in [0.717, 1.165) is 29.7 Å². The van der Waals surface area contributed by atoms with Gasteiger partial charge >= 0.3 is 24.0 Å². The Morgan fingerprint density at radius 3 is 1.88 bits per heavy atom. The van der Waals surface area contributed by atoms with Crippen LogP contribution in [0.3, 0.4) is 0 Å². The van der Waals surface area contributed by atoms with E-state index in [1.807, 2.05) is 0 Å². The van der Waals surface area contributed by atoms with E-state index in [0.29, 0.717) is 0 Å². The van der Waals surface area contributed by atoms with Crippen LogP contribution in [0.5, 0.6) is 0 Å². The van der Waals surface area contributed by atoms with Gasteiger partial charge in [0.1, 0.15) is 3.92 Å². The average molecular weight is 382 g/mol. The molecule has 0 saturated heterocycles. The van der Waals surface area contributed by atoms with Crippen LogP contribution in [0.4, 0.5) is 30.7 Å². The van der Waals surface area contributed by atoms with Gasteiger partial charge < -0.3 is 4.74 Å². The van der Waals surface area contributed by atoms with Crippen LogP contribution in [0.2, 0.25) is 0 Å². The van der Waals surface area contributed by atoms with Crippen molar-refractivity contribution in [3.63, 3.8) is 0 Å². The van der Waals surface area contributed by atoms with Gasteiger partial charge in [-0.2, -0.15) is 30.7 Å². The Morgan fingerprint density at radius 2 is 1.59 bits per heavy atom. The molecule has 0 aliphatic heterocycles. The summed E-state index contributed by atoms with van der Waals surface area (Å²) in [6.45, 7) is 0. The maximum atomic E-state index is 12.8. The van der Waals surface area contributed by atoms with Gasteiger partial charge in [-0.25, -0.2) is 0 Å². The predicted octanol–water partition coefficient (Wildman–Crippen LogP) is 3.19. The molecule has 10 heteroatoms. The van der Waals surface area contributed by atoms with Crippen LogP contribution >= 0.6 is 22.6 Å². The topological polar surface area (TPSA) is 26.3 Å². The highest BCUT2D eigenvalue weighted by molar-refractivity contribution is 14.1. The van der Waals surface area contributed by atoms with Crippen molar-refractivity contribution in [2.24, 2.45) is 0 Å². The van der Waals surface area contributed by atoms with E-state index < -0.39 is 34.3 Å². The van der Waals surface area contributed by atoms with Gasteiger partial charge in [0, 0.05) is 6.42 Å². The molecule has 0 aliphatic carbocycles.